The predicted octanol–water partition coefficient (Wildman–Crippen LogP) is 3.74. The maximum Gasteiger partial charge on any atom is 0.0964 e. The van der Waals surface area contributed by atoms with Gasteiger partial charge in [0.05, 0.1) is 6.10 Å². The van der Waals surface area contributed by atoms with E-state index in [1.807, 2.05) is 0 Å². The normalized spacial score (nSPS) is 15.0. The minimum Gasteiger partial charge on any atom is -0.387 e. The van der Waals surface area contributed by atoms with Crippen LogP contribution in [0, 0.1) is 0 Å². The minimum atomic E-state index is -0.424. The quantitative estimate of drug-likeness (QED) is 0.902. The number of rotatable bonds is 5. The van der Waals surface area contributed by atoms with Crippen molar-refractivity contribution in [2.24, 2.45) is 0 Å². The number of aliphatic hydroxyl groups is 1. The van der Waals surface area contributed by atoms with Crippen LogP contribution in [0.2, 0.25) is 0 Å². The monoisotopic (exact) mass is 281 g/mol. The molecule has 0 amide bonds. The van der Waals surface area contributed by atoms with Gasteiger partial charge >= 0.3 is 0 Å². The van der Waals surface area contributed by atoms with E-state index >= 15 is 0 Å². The lowest BCUT2D eigenvalue weighted by Gasteiger charge is -2.23. The first kappa shape index (κ1) is 14.2. The molecular weight excluding hydrogens is 258 g/mol. The third kappa shape index (κ3) is 3.11. The van der Waals surface area contributed by atoms with E-state index in [0.29, 0.717) is 6.54 Å². The van der Waals surface area contributed by atoms with Crippen molar-refractivity contribution in [3.8, 4) is 0 Å². The number of aliphatic hydroxyl groups excluding tert-OH is 1. The first-order valence-corrected chi connectivity index (χ1v) is 7.87. The SMILES string of the molecule is CCCc1ccc(C(O)CN2CCc3ccccc32)cc1. The van der Waals surface area contributed by atoms with Crippen LogP contribution in [0.4, 0.5) is 5.69 Å². The van der Waals surface area contributed by atoms with Crippen LogP contribution in [0.3, 0.4) is 0 Å². The maximum absolute atomic E-state index is 10.5. The zero-order valence-corrected chi connectivity index (χ0v) is 12.6. The molecule has 1 unspecified atom stereocenters. The van der Waals surface area contributed by atoms with Gasteiger partial charge in [0.25, 0.3) is 0 Å². The fourth-order valence-electron chi connectivity index (χ4n) is 3.11. The summed E-state index contributed by atoms with van der Waals surface area (Å²) in [6.07, 6.45) is 2.92. The summed E-state index contributed by atoms with van der Waals surface area (Å²) in [4.78, 5) is 2.29. The molecule has 0 fully saturated rings. The van der Waals surface area contributed by atoms with Crippen LogP contribution >= 0.6 is 0 Å². The Labute approximate surface area is 127 Å². The largest absolute Gasteiger partial charge is 0.387 e. The van der Waals surface area contributed by atoms with Crippen molar-refractivity contribution in [2.75, 3.05) is 18.0 Å². The zero-order valence-electron chi connectivity index (χ0n) is 12.6. The van der Waals surface area contributed by atoms with E-state index in [2.05, 4.69) is 60.4 Å². The van der Waals surface area contributed by atoms with Crippen molar-refractivity contribution < 1.29 is 5.11 Å². The molecule has 1 atom stereocenters. The number of anilines is 1. The van der Waals surface area contributed by atoms with Gasteiger partial charge in [0, 0.05) is 18.8 Å². The lowest BCUT2D eigenvalue weighted by atomic mass is 10.0. The molecule has 0 saturated heterocycles. The molecule has 1 aliphatic rings. The van der Waals surface area contributed by atoms with Gasteiger partial charge in [-0.15, -0.1) is 0 Å². The molecule has 0 saturated carbocycles. The molecule has 110 valence electrons. The lowest BCUT2D eigenvalue weighted by Crippen LogP contribution is -2.26. The van der Waals surface area contributed by atoms with E-state index in [-0.39, 0.29) is 0 Å². The van der Waals surface area contributed by atoms with Gasteiger partial charge in [-0.25, -0.2) is 0 Å². The molecule has 1 N–H and O–H groups in total. The van der Waals surface area contributed by atoms with Crippen molar-refractivity contribution in [3.63, 3.8) is 0 Å². The van der Waals surface area contributed by atoms with Gasteiger partial charge in [-0.1, -0.05) is 55.8 Å². The van der Waals surface area contributed by atoms with Crippen molar-refractivity contribution in [3.05, 3.63) is 65.2 Å². The first-order valence-electron chi connectivity index (χ1n) is 7.87. The van der Waals surface area contributed by atoms with Crippen LogP contribution in [0.15, 0.2) is 48.5 Å². The summed E-state index contributed by atoms with van der Waals surface area (Å²) in [5, 5.41) is 10.5. The predicted molar refractivity (Wildman–Crippen MR) is 87.8 cm³/mol. The van der Waals surface area contributed by atoms with Gasteiger partial charge in [-0.2, -0.15) is 0 Å². The number of hydrogen-bond acceptors (Lipinski definition) is 2. The Balaban J connectivity index is 1.68. The summed E-state index contributed by atoms with van der Waals surface area (Å²) in [5.74, 6) is 0. The average Bonchev–Trinajstić information content (AvgIpc) is 2.92. The fraction of sp³-hybridized carbons (Fsp3) is 0.368. The van der Waals surface area contributed by atoms with Crippen LogP contribution in [0.1, 0.15) is 36.1 Å². The molecule has 2 aromatic carbocycles. The zero-order chi connectivity index (χ0) is 14.7. The number of benzene rings is 2. The average molecular weight is 281 g/mol. The van der Waals surface area contributed by atoms with Gasteiger partial charge in [-0.3, -0.25) is 0 Å². The third-order valence-electron chi connectivity index (χ3n) is 4.28. The molecule has 21 heavy (non-hydrogen) atoms. The Morgan fingerprint density at radius 1 is 1.10 bits per heavy atom. The van der Waals surface area contributed by atoms with Gasteiger partial charge in [0.15, 0.2) is 0 Å². The molecule has 0 aromatic heterocycles. The van der Waals surface area contributed by atoms with Crippen molar-refractivity contribution in [1.29, 1.82) is 0 Å². The third-order valence-corrected chi connectivity index (χ3v) is 4.28. The highest BCUT2D eigenvalue weighted by atomic mass is 16.3. The fourth-order valence-corrected chi connectivity index (χ4v) is 3.11. The smallest absolute Gasteiger partial charge is 0.0964 e. The molecule has 0 aliphatic carbocycles. The van der Waals surface area contributed by atoms with E-state index in [1.165, 1.54) is 16.8 Å². The second-order valence-corrected chi connectivity index (χ2v) is 5.83. The van der Waals surface area contributed by atoms with Crippen molar-refractivity contribution in [1.82, 2.24) is 0 Å². The van der Waals surface area contributed by atoms with Crippen LogP contribution in [0.5, 0.6) is 0 Å². The molecule has 0 bridgehead atoms. The lowest BCUT2D eigenvalue weighted by molar-refractivity contribution is 0.184. The minimum absolute atomic E-state index is 0.424. The van der Waals surface area contributed by atoms with Gasteiger partial charge < -0.3 is 10.0 Å². The highest BCUT2D eigenvalue weighted by Crippen LogP contribution is 2.29. The molecule has 0 spiro atoms. The van der Waals surface area contributed by atoms with E-state index in [1.54, 1.807) is 0 Å². The number of aryl methyl sites for hydroxylation is 1. The Morgan fingerprint density at radius 2 is 1.86 bits per heavy atom. The first-order chi connectivity index (χ1) is 10.3. The Morgan fingerprint density at radius 3 is 2.62 bits per heavy atom. The number of hydrogen-bond donors (Lipinski definition) is 1. The molecular formula is C19H23NO. The highest BCUT2D eigenvalue weighted by Gasteiger charge is 2.21. The van der Waals surface area contributed by atoms with Crippen LogP contribution in [0.25, 0.3) is 0 Å². The molecule has 1 heterocycles. The number of para-hydroxylation sites is 1. The van der Waals surface area contributed by atoms with Crippen molar-refractivity contribution >= 4 is 5.69 Å². The molecule has 2 nitrogen and oxygen atoms in total. The summed E-state index contributed by atoms with van der Waals surface area (Å²) < 4.78 is 0. The van der Waals surface area contributed by atoms with Crippen LogP contribution in [-0.2, 0) is 12.8 Å². The van der Waals surface area contributed by atoms with Gasteiger partial charge in [0.1, 0.15) is 0 Å². The van der Waals surface area contributed by atoms with Crippen LogP contribution < -0.4 is 4.90 Å². The van der Waals surface area contributed by atoms with Gasteiger partial charge in [0.2, 0.25) is 0 Å². The Hall–Kier alpha value is -1.80. The summed E-state index contributed by atoms with van der Waals surface area (Å²) in [6.45, 7) is 3.86. The molecule has 3 rings (SSSR count). The standard InChI is InChI=1S/C19H23NO/c1-2-5-15-8-10-17(11-9-15)19(21)14-20-13-12-16-6-3-4-7-18(16)20/h3-4,6-11,19,21H,2,5,12-14H2,1H3. The maximum atomic E-state index is 10.5. The topological polar surface area (TPSA) is 23.5 Å². The van der Waals surface area contributed by atoms with Gasteiger partial charge in [-0.05, 0) is 35.6 Å². The second kappa shape index (κ2) is 6.31. The summed E-state index contributed by atoms with van der Waals surface area (Å²) >= 11 is 0. The van der Waals surface area contributed by atoms with Crippen LogP contribution in [-0.4, -0.2) is 18.2 Å². The molecule has 2 aromatic rings. The molecule has 0 radical (unpaired) electrons. The summed E-state index contributed by atoms with van der Waals surface area (Å²) in [5.41, 5.74) is 5.03. The van der Waals surface area contributed by atoms with Crippen molar-refractivity contribution in [2.45, 2.75) is 32.3 Å². The van der Waals surface area contributed by atoms with E-state index < -0.39 is 6.10 Å². The molecule has 2 heteroatoms. The summed E-state index contributed by atoms with van der Waals surface area (Å²) in [7, 11) is 0. The molecule has 1 aliphatic heterocycles. The highest BCUT2D eigenvalue weighted by molar-refractivity contribution is 5.58. The van der Waals surface area contributed by atoms with E-state index in [0.717, 1.165) is 31.4 Å². The number of nitrogens with zero attached hydrogens (tertiary/aromatic N) is 1. The van der Waals surface area contributed by atoms with E-state index in [4.69, 9.17) is 0 Å². The Bertz CT molecular complexity index is 591. The van der Waals surface area contributed by atoms with E-state index in [9.17, 15) is 5.11 Å². The number of β-amino-alcohol motifs (C(OH)–C–C–N with tert-alkyl or cyclic N) is 1. The Kier molecular flexibility index (Phi) is 4.26. The summed E-state index contributed by atoms with van der Waals surface area (Å²) in [6, 6.07) is 16.9. The number of fused-ring (bicyclic) bond motifs is 1. The second-order valence-electron chi connectivity index (χ2n) is 5.83.